The van der Waals surface area contributed by atoms with Crippen LogP contribution in [-0.4, -0.2) is 15.5 Å². The van der Waals surface area contributed by atoms with Crippen molar-refractivity contribution in [3.8, 4) is 5.69 Å². The molecule has 0 fully saturated rings. The van der Waals surface area contributed by atoms with Crippen LogP contribution in [0.5, 0.6) is 0 Å². The molecule has 0 saturated carbocycles. The Balaban J connectivity index is 2.05. The summed E-state index contributed by atoms with van der Waals surface area (Å²) in [6, 6.07) is 12.5. The van der Waals surface area contributed by atoms with E-state index in [1.54, 1.807) is 25.3 Å². The number of aromatic amines is 1. The lowest BCUT2D eigenvalue weighted by Crippen LogP contribution is -2.30. The summed E-state index contributed by atoms with van der Waals surface area (Å²) in [4.78, 5) is 40.0. The van der Waals surface area contributed by atoms with Gasteiger partial charge in [0, 0.05) is 18.1 Å². The number of carbonyl (C=O) groups is 1. The lowest BCUT2D eigenvalue weighted by Gasteiger charge is -2.13. The van der Waals surface area contributed by atoms with Crippen molar-refractivity contribution in [2.75, 3.05) is 5.32 Å². The topological polar surface area (TPSA) is 84.0 Å². The van der Waals surface area contributed by atoms with E-state index in [-0.39, 0.29) is 11.3 Å². The van der Waals surface area contributed by atoms with Crippen molar-refractivity contribution in [3.05, 3.63) is 92.3 Å². The average Bonchev–Trinajstić information content (AvgIpc) is 2.64. The van der Waals surface area contributed by atoms with E-state index in [1.165, 1.54) is 16.8 Å². The highest BCUT2D eigenvalue weighted by atomic mass is 16.2. The first-order valence-electron chi connectivity index (χ1n) is 8.70. The Labute approximate surface area is 156 Å². The Hall–Kier alpha value is -3.41. The molecule has 0 aliphatic carbocycles. The van der Waals surface area contributed by atoms with Crippen LogP contribution in [0, 0.1) is 6.92 Å². The molecule has 2 aromatic heterocycles. The Morgan fingerprint density at radius 3 is 2.59 bits per heavy atom. The number of aryl methyl sites for hydroxylation is 1. The van der Waals surface area contributed by atoms with Crippen molar-refractivity contribution in [2.24, 2.45) is 0 Å². The number of anilines is 1. The van der Waals surface area contributed by atoms with Gasteiger partial charge in [-0.15, -0.1) is 0 Å². The molecule has 0 spiro atoms. The number of benzene rings is 1. The minimum absolute atomic E-state index is 0.00991. The Kier molecular flexibility index (Phi) is 5.07. The zero-order valence-electron chi connectivity index (χ0n) is 15.4. The summed E-state index contributed by atoms with van der Waals surface area (Å²) in [5.74, 6) is -0.290. The molecule has 6 nitrogen and oxygen atoms in total. The van der Waals surface area contributed by atoms with Gasteiger partial charge >= 0.3 is 0 Å². The summed E-state index contributed by atoms with van der Waals surface area (Å²) >= 11 is 0. The van der Waals surface area contributed by atoms with Crippen LogP contribution >= 0.6 is 0 Å². The van der Waals surface area contributed by atoms with Gasteiger partial charge in [0.1, 0.15) is 11.3 Å². The van der Waals surface area contributed by atoms with E-state index in [0.29, 0.717) is 17.2 Å². The number of hydrogen-bond acceptors (Lipinski definition) is 3. The SMILES string of the molecule is Cc1ccn(-c2cccc(C(C)C)c2)c(=O)c1C(=O)Nc1ccc[nH]c1=O. The fourth-order valence-corrected chi connectivity index (χ4v) is 2.84. The third kappa shape index (κ3) is 3.74. The van der Waals surface area contributed by atoms with Gasteiger partial charge in [-0.1, -0.05) is 26.0 Å². The quantitative estimate of drug-likeness (QED) is 0.746. The summed E-state index contributed by atoms with van der Waals surface area (Å²) < 4.78 is 1.45. The first kappa shape index (κ1) is 18.4. The van der Waals surface area contributed by atoms with Gasteiger partial charge in [-0.05, 0) is 54.3 Å². The van der Waals surface area contributed by atoms with E-state index >= 15 is 0 Å². The highest BCUT2D eigenvalue weighted by Crippen LogP contribution is 2.18. The fraction of sp³-hybridized carbons (Fsp3) is 0.190. The van der Waals surface area contributed by atoms with Gasteiger partial charge in [-0.2, -0.15) is 0 Å². The molecule has 0 saturated heterocycles. The summed E-state index contributed by atoms with van der Waals surface area (Å²) in [5, 5.41) is 2.52. The van der Waals surface area contributed by atoms with Crippen molar-refractivity contribution in [2.45, 2.75) is 26.7 Å². The van der Waals surface area contributed by atoms with Crippen LogP contribution < -0.4 is 16.4 Å². The molecule has 0 radical (unpaired) electrons. The summed E-state index contributed by atoms with van der Waals surface area (Å²) in [5.41, 5.74) is 1.58. The van der Waals surface area contributed by atoms with Crippen LogP contribution in [0.25, 0.3) is 5.69 Å². The van der Waals surface area contributed by atoms with Gasteiger partial charge in [0.2, 0.25) is 0 Å². The van der Waals surface area contributed by atoms with Crippen molar-refractivity contribution in [1.82, 2.24) is 9.55 Å². The van der Waals surface area contributed by atoms with E-state index in [2.05, 4.69) is 24.1 Å². The lowest BCUT2D eigenvalue weighted by molar-refractivity contribution is 0.102. The van der Waals surface area contributed by atoms with Crippen LogP contribution in [0.15, 0.2) is 64.4 Å². The Morgan fingerprint density at radius 2 is 1.89 bits per heavy atom. The van der Waals surface area contributed by atoms with E-state index in [4.69, 9.17) is 0 Å². The first-order valence-corrected chi connectivity index (χ1v) is 8.70. The number of rotatable bonds is 4. The molecule has 0 aliphatic heterocycles. The molecule has 0 aliphatic rings. The predicted molar refractivity (Wildman–Crippen MR) is 106 cm³/mol. The van der Waals surface area contributed by atoms with Crippen LogP contribution in [0.1, 0.15) is 41.3 Å². The minimum Gasteiger partial charge on any atom is -0.327 e. The number of pyridine rings is 2. The average molecular weight is 363 g/mol. The molecule has 3 rings (SSSR count). The zero-order valence-corrected chi connectivity index (χ0v) is 15.4. The second-order valence-electron chi connectivity index (χ2n) is 6.67. The molecule has 0 atom stereocenters. The van der Waals surface area contributed by atoms with Crippen molar-refractivity contribution >= 4 is 11.6 Å². The zero-order chi connectivity index (χ0) is 19.6. The molecule has 0 bridgehead atoms. The number of carbonyl (C=O) groups excluding carboxylic acids is 1. The van der Waals surface area contributed by atoms with E-state index in [1.807, 2.05) is 24.3 Å². The Morgan fingerprint density at radius 1 is 1.11 bits per heavy atom. The van der Waals surface area contributed by atoms with Crippen molar-refractivity contribution < 1.29 is 4.79 Å². The third-order valence-electron chi connectivity index (χ3n) is 4.41. The van der Waals surface area contributed by atoms with Crippen molar-refractivity contribution in [1.29, 1.82) is 0 Å². The van der Waals surface area contributed by atoms with Crippen molar-refractivity contribution in [3.63, 3.8) is 0 Å². The number of aromatic nitrogens is 2. The summed E-state index contributed by atoms with van der Waals surface area (Å²) in [6.07, 6.45) is 3.13. The normalized spacial score (nSPS) is 10.8. The first-order chi connectivity index (χ1) is 12.9. The van der Waals surface area contributed by atoms with Crippen LogP contribution in [0.3, 0.4) is 0 Å². The van der Waals surface area contributed by atoms with Crippen LogP contribution in [0.4, 0.5) is 5.69 Å². The molecule has 27 heavy (non-hydrogen) atoms. The maximum Gasteiger partial charge on any atom is 0.271 e. The van der Waals surface area contributed by atoms with Gasteiger partial charge in [-0.3, -0.25) is 19.0 Å². The molecule has 6 heteroatoms. The highest BCUT2D eigenvalue weighted by molar-refractivity contribution is 6.04. The van der Waals surface area contributed by atoms with Gasteiger partial charge in [0.25, 0.3) is 17.0 Å². The second kappa shape index (κ2) is 7.45. The molecular formula is C21H21N3O3. The fourth-order valence-electron chi connectivity index (χ4n) is 2.84. The smallest absolute Gasteiger partial charge is 0.271 e. The summed E-state index contributed by atoms with van der Waals surface area (Å²) in [6.45, 7) is 5.85. The number of amides is 1. The number of nitrogens with zero attached hydrogens (tertiary/aromatic N) is 1. The van der Waals surface area contributed by atoms with Crippen LogP contribution in [0.2, 0.25) is 0 Å². The predicted octanol–water partition coefficient (Wildman–Crippen LogP) is 3.21. The molecule has 3 aromatic rings. The maximum absolute atomic E-state index is 13.0. The molecule has 1 amide bonds. The number of nitrogens with one attached hydrogen (secondary N) is 2. The standard InChI is InChI=1S/C21H21N3O3/c1-13(2)15-6-4-7-16(12-15)24-11-9-14(3)18(21(24)27)20(26)23-17-8-5-10-22-19(17)25/h4-13H,1-3H3,(H,22,25)(H,23,26). The monoisotopic (exact) mass is 363 g/mol. The van der Waals surface area contributed by atoms with E-state index in [9.17, 15) is 14.4 Å². The van der Waals surface area contributed by atoms with E-state index in [0.717, 1.165) is 5.56 Å². The maximum atomic E-state index is 13.0. The summed E-state index contributed by atoms with van der Waals surface area (Å²) in [7, 11) is 0. The molecule has 1 aromatic carbocycles. The lowest BCUT2D eigenvalue weighted by atomic mass is 10.0. The third-order valence-corrected chi connectivity index (χ3v) is 4.41. The highest BCUT2D eigenvalue weighted by Gasteiger charge is 2.18. The van der Waals surface area contributed by atoms with Gasteiger partial charge < -0.3 is 10.3 Å². The largest absolute Gasteiger partial charge is 0.327 e. The second-order valence-corrected chi connectivity index (χ2v) is 6.67. The molecule has 0 unspecified atom stereocenters. The minimum atomic E-state index is -0.608. The molecule has 138 valence electrons. The number of hydrogen-bond donors (Lipinski definition) is 2. The van der Waals surface area contributed by atoms with Gasteiger partial charge in [0.05, 0.1) is 0 Å². The molecular weight excluding hydrogens is 342 g/mol. The van der Waals surface area contributed by atoms with Crippen LogP contribution in [-0.2, 0) is 0 Å². The molecule has 2 heterocycles. The Bertz CT molecular complexity index is 1110. The van der Waals surface area contributed by atoms with Gasteiger partial charge in [0.15, 0.2) is 0 Å². The molecule has 2 N–H and O–H groups in total. The van der Waals surface area contributed by atoms with Gasteiger partial charge in [-0.25, -0.2) is 0 Å². The number of H-pyrrole nitrogens is 1. The van der Waals surface area contributed by atoms with E-state index < -0.39 is 17.0 Å².